The lowest BCUT2D eigenvalue weighted by Crippen LogP contribution is -2.50. The number of aryl methyl sites for hydroxylation is 1. The molecule has 128 valence electrons. The molecule has 25 heavy (non-hydrogen) atoms. The van der Waals surface area contributed by atoms with Gasteiger partial charge >= 0.3 is 0 Å². The molecule has 2 aliphatic rings. The summed E-state index contributed by atoms with van der Waals surface area (Å²) in [4.78, 5) is 10.8. The number of hydrogen-bond acceptors (Lipinski definition) is 7. The lowest BCUT2D eigenvalue weighted by Gasteiger charge is -2.40. The van der Waals surface area contributed by atoms with Gasteiger partial charge in [0.15, 0.2) is 5.82 Å². The predicted molar refractivity (Wildman–Crippen MR) is 93.7 cm³/mol. The highest BCUT2D eigenvalue weighted by atomic mass is 15.4. The monoisotopic (exact) mass is 336 g/mol. The molecule has 2 fully saturated rings. The van der Waals surface area contributed by atoms with Crippen molar-refractivity contribution in [1.82, 2.24) is 29.8 Å². The average molecular weight is 336 g/mol. The molecule has 0 radical (unpaired) electrons. The van der Waals surface area contributed by atoms with Crippen LogP contribution in [0.2, 0.25) is 0 Å². The highest BCUT2D eigenvalue weighted by Gasteiger charge is 2.29. The highest BCUT2D eigenvalue weighted by Crippen LogP contribution is 2.38. The molecule has 0 amide bonds. The number of hydrogen-bond donors (Lipinski definition) is 1. The number of fused-ring (bicyclic) bond motifs is 1. The van der Waals surface area contributed by atoms with E-state index in [1.54, 1.807) is 4.52 Å². The van der Waals surface area contributed by atoms with Gasteiger partial charge in [-0.05, 0) is 31.9 Å². The topological polar surface area (TPSA) is 84.1 Å². The van der Waals surface area contributed by atoms with E-state index in [4.69, 9.17) is 0 Å². The Bertz CT molecular complexity index is 893. The summed E-state index contributed by atoms with van der Waals surface area (Å²) in [5.74, 6) is 3.79. The minimum Gasteiger partial charge on any atom is -0.369 e. The van der Waals surface area contributed by atoms with Crippen molar-refractivity contribution in [3.8, 4) is 0 Å². The van der Waals surface area contributed by atoms with Crippen molar-refractivity contribution in [2.45, 2.75) is 25.7 Å². The summed E-state index contributed by atoms with van der Waals surface area (Å²) in [6.07, 6.45) is 4.06. The molecule has 1 saturated heterocycles. The maximum absolute atomic E-state index is 4.39. The van der Waals surface area contributed by atoms with Crippen LogP contribution < -0.4 is 10.2 Å². The maximum Gasteiger partial charge on any atom is 0.254 e. The largest absolute Gasteiger partial charge is 0.369 e. The zero-order valence-electron chi connectivity index (χ0n) is 14.1. The minimum absolute atomic E-state index is 0.581. The third-order valence-electron chi connectivity index (χ3n) is 4.90. The Morgan fingerprint density at radius 3 is 2.84 bits per heavy atom. The van der Waals surface area contributed by atoms with E-state index in [2.05, 4.69) is 47.6 Å². The second-order valence-electron chi connectivity index (χ2n) is 7.00. The van der Waals surface area contributed by atoms with Crippen LogP contribution >= 0.6 is 0 Å². The summed E-state index contributed by atoms with van der Waals surface area (Å²) in [6.45, 7) is 4.85. The summed E-state index contributed by atoms with van der Waals surface area (Å²) >= 11 is 0. The fraction of sp³-hybridized carbons (Fsp3) is 0.471. The van der Waals surface area contributed by atoms with Crippen molar-refractivity contribution in [2.24, 2.45) is 5.92 Å². The molecule has 5 rings (SSSR count). The van der Waals surface area contributed by atoms with Gasteiger partial charge in [-0.1, -0.05) is 0 Å². The Kier molecular flexibility index (Phi) is 3.29. The van der Waals surface area contributed by atoms with Gasteiger partial charge in [0.2, 0.25) is 0 Å². The first-order chi connectivity index (χ1) is 12.3. The zero-order valence-corrected chi connectivity index (χ0v) is 14.1. The first kappa shape index (κ1) is 14.6. The minimum atomic E-state index is 0.581. The van der Waals surface area contributed by atoms with Crippen molar-refractivity contribution in [1.29, 1.82) is 0 Å². The van der Waals surface area contributed by atoms with Gasteiger partial charge in [-0.2, -0.15) is 19.7 Å². The van der Waals surface area contributed by atoms with E-state index < -0.39 is 0 Å². The van der Waals surface area contributed by atoms with Gasteiger partial charge in [-0.3, -0.25) is 0 Å². The SMILES string of the molecule is Cc1cc(NCC2CN(c3ccc(C4CC4)nn3)C2)n2ncnc2n1. The van der Waals surface area contributed by atoms with E-state index in [0.29, 0.717) is 17.6 Å². The van der Waals surface area contributed by atoms with Gasteiger partial charge in [-0.25, -0.2) is 4.98 Å². The molecule has 3 aromatic rings. The van der Waals surface area contributed by atoms with Crippen LogP contribution in [0.3, 0.4) is 0 Å². The lowest BCUT2D eigenvalue weighted by atomic mass is 10.0. The Hall–Kier alpha value is -2.77. The molecule has 1 saturated carbocycles. The van der Waals surface area contributed by atoms with Crippen LogP contribution in [0, 0.1) is 12.8 Å². The van der Waals surface area contributed by atoms with Crippen LogP contribution in [0.5, 0.6) is 0 Å². The summed E-state index contributed by atoms with van der Waals surface area (Å²) in [6, 6.07) is 6.24. The van der Waals surface area contributed by atoms with E-state index in [9.17, 15) is 0 Å². The standard InChI is InChI=1S/C17H20N8/c1-11-6-16(25-17(21-11)19-10-20-25)18-7-12-8-24(9-12)15-5-4-14(22-23-15)13-2-3-13/h4-6,10,12-13,18H,2-3,7-9H2,1H3. The summed E-state index contributed by atoms with van der Waals surface area (Å²) in [5, 5.41) is 16.5. The third kappa shape index (κ3) is 2.77. The zero-order chi connectivity index (χ0) is 16.8. The van der Waals surface area contributed by atoms with E-state index in [0.717, 1.165) is 42.7 Å². The molecule has 0 atom stereocenters. The average Bonchev–Trinajstić information content (AvgIpc) is 3.32. The fourth-order valence-electron chi connectivity index (χ4n) is 3.29. The second kappa shape index (κ2) is 5.65. The van der Waals surface area contributed by atoms with Crippen LogP contribution in [0.4, 0.5) is 11.6 Å². The highest BCUT2D eigenvalue weighted by molar-refractivity contribution is 5.46. The van der Waals surface area contributed by atoms with Gasteiger partial charge < -0.3 is 10.2 Å². The Morgan fingerprint density at radius 2 is 2.08 bits per heavy atom. The van der Waals surface area contributed by atoms with Crippen LogP contribution in [0.1, 0.15) is 30.1 Å². The smallest absolute Gasteiger partial charge is 0.254 e. The van der Waals surface area contributed by atoms with Crippen molar-refractivity contribution in [3.63, 3.8) is 0 Å². The van der Waals surface area contributed by atoms with Crippen molar-refractivity contribution in [2.75, 3.05) is 29.9 Å². The van der Waals surface area contributed by atoms with Crippen LogP contribution in [0.25, 0.3) is 5.78 Å². The molecule has 0 unspecified atom stereocenters. The van der Waals surface area contributed by atoms with Crippen LogP contribution in [0.15, 0.2) is 24.5 Å². The molecule has 0 aromatic carbocycles. The van der Waals surface area contributed by atoms with E-state index >= 15 is 0 Å². The fourth-order valence-corrected chi connectivity index (χ4v) is 3.29. The summed E-state index contributed by atoms with van der Waals surface area (Å²) in [7, 11) is 0. The normalized spacial score (nSPS) is 17.7. The van der Waals surface area contributed by atoms with Crippen molar-refractivity contribution in [3.05, 3.63) is 35.9 Å². The van der Waals surface area contributed by atoms with E-state index in [-0.39, 0.29) is 0 Å². The lowest BCUT2D eigenvalue weighted by molar-refractivity contribution is 0.424. The Labute approximate surface area is 145 Å². The number of nitrogens with one attached hydrogen (secondary N) is 1. The molecule has 3 aromatic heterocycles. The third-order valence-corrected chi connectivity index (χ3v) is 4.90. The molecule has 0 bridgehead atoms. The quantitative estimate of drug-likeness (QED) is 0.758. The van der Waals surface area contributed by atoms with Gasteiger partial charge in [0, 0.05) is 43.2 Å². The van der Waals surface area contributed by atoms with Crippen LogP contribution in [-0.4, -0.2) is 49.4 Å². The number of aromatic nitrogens is 6. The van der Waals surface area contributed by atoms with E-state index in [1.165, 1.54) is 19.2 Å². The van der Waals surface area contributed by atoms with Gasteiger partial charge in [-0.15, -0.1) is 5.10 Å². The first-order valence-corrected chi connectivity index (χ1v) is 8.76. The van der Waals surface area contributed by atoms with Crippen molar-refractivity contribution >= 4 is 17.4 Å². The number of rotatable bonds is 5. The molecule has 1 aliphatic carbocycles. The molecular weight excluding hydrogens is 316 g/mol. The predicted octanol–water partition coefficient (Wildman–Crippen LogP) is 1.65. The molecule has 8 nitrogen and oxygen atoms in total. The second-order valence-corrected chi connectivity index (χ2v) is 7.00. The molecule has 1 N–H and O–H groups in total. The van der Waals surface area contributed by atoms with Crippen molar-refractivity contribution < 1.29 is 0 Å². The molecule has 1 aliphatic heterocycles. The Balaban J connectivity index is 1.19. The molecule has 4 heterocycles. The van der Waals surface area contributed by atoms with Gasteiger partial charge in [0.1, 0.15) is 12.1 Å². The van der Waals surface area contributed by atoms with Crippen LogP contribution in [-0.2, 0) is 0 Å². The first-order valence-electron chi connectivity index (χ1n) is 8.76. The Morgan fingerprint density at radius 1 is 1.20 bits per heavy atom. The molecular formula is C17H20N8. The van der Waals surface area contributed by atoms with Gasteiger partial charge in [0.05, 0.1) is 5.69 Å². The number of anilines is 2. The summed E-state index contributed by atoms with van der Waals surface area (Å²) in [5.41, 5.74) is 2.08. The summed E-state index contributed by atoms with van der Waals surface area (Å²) < 4.78 is 1.74. The molecule has 0 spiro atoms. The van der Waals surface area contributed by atoms with E-state index in [1.807, 2.05) is 13.0 Å². The van der Waals surface area contributed by atoms with Gasteiger partial charge in [0.25, 0.3) is 5.78 Å². The molecule has 8 heteroatoms. The number of nitrogens with zero attached hydrogens (tertiary/aromatic N) is 7. The maximum atomic E-state index is 4.39.